The lowest BCUT2D eigenvalue weighted by atomic mass is 10.4. The van der Waals surface area contributed by atoms with Crippen molar-refractivity contribution in [2.24, 2.45) is 0 Å². The summed E-state index contributed by atoms with van der Waals surface area (Å²) in [6, 6.07) is 0.825. The second-order valence-electron chi connectivity index (χ2n) is 5.72. The van der Waals surface area contributed by atoms with Gasteiger partial charge in [0.15, 0.2) is 0 Å². The lowest BCUT2D eigenvalue weighted by molar-refractivity contribution is -0.141. The Balaban J connectivity index is 1.73. The van der Waals surface area contributed by atoms with Crippen LogP contribution in [0.1, 0.15) is 25.0 Å². The molecule has 1 aromatic rings. The second kappa shape index (κ2) is 5.90. The van der Waals surface area contributed by atoms with Crippen LogP contribution in [-0.2, 0) is 16.2 Å². The Morgan fingerprint density at radius 3 is 2.52 bits per heavy atom. The van der Waals surface area contributed by atoms with Crippen molar-refractivity contribution >= 4 is 16.0 Å². The average molecular weight is 350 g/mol. The van der Waals surface area contributed by atoms with Crippen molar-refractivity contribution in [2.75, 3.05) is 31.1 Å². The molecule has 1 saturated heterocycles. The summed E-state index contributed by atoms with van der Waals surface area (Å²) in [7, 11) is -3.26. The van der Waals surface area contributed by atoms with Gasteiger partial charge in [-0.3, -0.25) is 0 Å². The van der Waals surface area contributed by atoms with Gasteiger partial charge in [-0.05, 0) is 25.3 Å². The summed E-state index contributed by atoms with van der Waals surface area (Å²) in [6.07, 6.45) is -1.52. The molecule has 2 fully saturated rings. The highest BCUT2D eigenvalue weighted by Gasteiger charge is 2.40. The summed E-state index contributed by atoms with van der Waals surface area (Å²) in [5, 5.41) is -0.279. The van der Waals surface area contributed by atoms with Crippen LogP contribution < -0.4 is 4.90 Å². The summed E-state index contributed by atoms with van der Waals surface area (Å²) >= 11 is 0. The van der Waals surface area contributed by atoms with Crippen molar-refractivity contribution in [3.63, 3.8) is 0 Å². The Morgan fingerprint density at radius 2 is 1.87 bits per heavy atom. The fourth-order valence-electron chi connectivity index (χ4n) is 2.58. The normalized spacial score (nSPS) is 21.3. The van der Waals surface area contributed by atoms with Gasteiger partial charge in [-0.25, -0.2) is 18.4 Å². The van der Waals surface area contributed by atoms with Crippen molar-refractivity contribution in [3.8, 4) is 0 Å². The van der Waals surface area contributed by atoms with Crippen LogP contribution in [0.5, 0.6) is 0 Å². The second-order valence-corrected chi connectivity index (χ2v) is 7.94. The third kappa shape index (κ3) is 3.57. The summed E-state index contributed by atoms with van der Waals surface area (Å²) in [5.41, 5.74) is -0.991. The highest BCUT2D eigenvalue weighted by atomic mass is 32.2. The third-order valence-corrected chi connectivity index (χ3v) is 6.38. The predicted molar refractivity (Wildman–Crippen MR) is 77.4 cm³/mol. The van der Waals surface area contributed by atoms with E-state index in [4.69, 9.17) is 0 Å². The number of nitrogens with zero attached hydrogens (tertiary/aromatic N) is 4. The molecule has 1 aromatic heterocycles. The minimum absolute atomic E-state index is 0.00880. The lowest BCUT2D eigenvalue weighted by Crippen LogP contribution is -2.37. The van der Waals surface area contributed by atoms with E-state index in [1.807, 2.05) is 0 Å². The molecule has 0 amide bonds. The largest absolute Gasteiger partial charge is 0.433 e. The number of sulfonamides is 1. The Hall–Kier alpha value is -1.42. The summed E-state index contributed by atoms with van der Waals surface area (Å²) < 4.78 is 64.2. The first-order valence-electron chi connectivity index (χ1n) is 7.42. The zero-order chi connectivity index (χ0) is 16.7. The van der Waals surface area contributed by atoms with Crippen LogP contribution in [0.15, 0.2) is 12.3 Å². The smallest absolute Gasteiger partial charge is 0.339 e. The highest BCUT2D eigenvalue weighted by molar-refractivity contribution is 7.90. The first kappa shape index (κ1) is 16.4. The molecule has 23 heavy (non-hydrogen) atoms. The van der Waals surface area contributed by atoms with Crippen molar-refractivity contribution in [1.29, 1.82) is 0 Å². The Morgan fingerprint density at radius 1 is 1.13 bits per heavy atom. The van der Waals surface area contributed by atoms with Crippen molar-refractivity contribution < 1.29 is 21.6 Å². The van der Waals surface area contributed by atoms with Gasteiger partial charge in [-0.2, -0.15) is 17.5 Å². The number of hydrogen-bond donors (Lipinski definition) is 0. The van der Waals surface area contributed by atoms with E-state index in [1.54, 1.807) is 4.90 Å². The van der Waals surface area contributed by atoms with Crippen LogP contribution in [0.4, 0.5) is 19.1 Å². The maximum Gasteiger partial charge on any atom is 0.433 e. The molecule has 0 unspecified atom stereocenters. The molecule has 6 nitrogen and oxygen atoms in total. The number of rotatable bonds is 3. The fourth-order valence-corrected chi connectivity index (χ4v) is 4.46. The fraction of sp³-hybridized carbons (Fsp3) is 0.692. The molecule has 3 rings (SSSR count). The molecule has 10 heteroatoms. The zero-order valence-electron chi connectivity index (χ0n) is 12.3. The number of halogens is 3. The molecule has 128 valence electrons. The maximum absolute atomic E-state index is 12.7. The standard InChI is InChI=1S/C13H17F3N4O2S/c14-13(15,16)11-4-5-17-12(18-11)19-6-1-7-20(9-8-19)23(21,22)10-2-3-10/h4-5,10H,1-3,6-9H2. The van der Waals surface area contributed by atoms with E-state index in [1.165, 1.54) is 4.31 Å². The van der Waals surface area contributed by atoms with Gasteiger partial charge in [-0.1, -0.05) is 0 Å². The molecule has 0 atom stereocenters. The quantitative estimate of drug-likeness (QED) is 0.827. The van der Waals surface area contributed by atoms with Gasteiger partial charge in [-0.15, -0.1) is 0 Å². The monoisotopic (exact) mass is 350 g/mol. The maximum atomic E-state index is 12.7. The zero-order valence-corrected chi connectivity index (χ0v) is 13.1. The first-order valence-corrected chi connectivity index (χ1v) is 8.93. The van der Waals surface area contributed by atoms with Crippen molar-refractivity contribution in [2.45, 2.75) is 30.7 Å². The molecule has 0 N–H and O–H groups in total. The molecule has 0 aromatic carbocycles. The van der Waals surface area contributed by atoms with Crippen LogP contribution in [0.3, 0.4) is 0 Å². The molecule has 2 aliphatic rings. The molecule has 2 heterocycles. The van der Waals surface area contributed by atoms with Gasteiger partial charge in [0.2, 0.25) is 16.0 Å². The van der Waals surface area contributed by atoms with Gasteiger partial charge in [0.25, 0.3) is 0 Å². The summed E-state index contributed by atoms with van der Waals surface area (Å²) in [4.78, 5) is 9.07. The Bertz CT molecular complexity index is 676. The third-order valence-electron chi connectivity index (χ3n) is 3.98. The van der Waals surface area contributed by atoms with Crippen molar-refractivity contribution in [3.05, 3.63) is 18.0 Å². The van der Waals surface area contributed by atoms with Gasteiger partial charge in [0.1, 0.15) is 5.69 Å². The SMILES string of the molecule is O=S(=O)(C1CC1)N1CCCN(c2nccc(C(F)(F)F)n2)CC1. The van der Waals surface area contributed by atoms with E-state index >= 15 is 0 Å². The van der Waals surface area contributed by atoms with Crippen LogP contribution in [0, 0.1) is 0 Å². The molecule has 1 saturated carbocycles. The number of alkyl halides is 3. The van der Waals surface area contributed by atoms with E-state index < -0.39 is 21.9 Å². The van der Waals surface area contributed by atoms with Gasteiger partial charge in [0.05, 0.1) is 5.25 Å². The Kier molecular flexibility index (Phi) is 4.21. The first-order chi connectivity index (χ1) is 10.8. The molecule has 0 spiro atoms. The number of hydrogen-bond acceptors (Lipinski definition) is 5. The van der Waals surface area contributed by atoms with Crippen molar-refractivity contribution in [1.82, 2.24) is 14.3 Å². The van der Waals surface area contributed by atoms with Crippen LogP contribution in [0.25, 0.3) is 0 Å². The van der Waals surface area contributed by atoms with Crippen LogP contribution in [-0.4, -0.2) is 54.1 Å². The molecular formula is C13H17F3N4O2S. The van der Waals surface area contributed by atoms with Gasteiger partial charge >= 0.3 is 6.18 Å². The van der Waals surface area contributed by atoms with Crippen LogP contribution >= 0.6 is 0 Å². The molecule has 0 radical (unpaired) electrons. The van der Waals surface area contributed by atoms with E-state index in [9.17, 15) is 21.6 Å². The topological polar surface area (TPSA) is 66.4 Å². The van der Waals surface area contributed by atoms with E-state index in [0.717, 1.165) is 12.3 Å². The lowest BCUT2D eigenvalue weighted by Gasteiger charge is -2.22. The number of aromatic nitrogens is 2. The molecule has 1 aliphatic heterocycles. The summed E-state index contributed by atoms with van der Waals surface area (Å²) in [6.45, 7) is 1.35. The molecule has 0 bridgehead atoms. The van der Waals surface area contributed by atoms with E-state index in [0.29, 0.717) is 32.4 Å². The van der Waals surface area contributed by atoms with E-state index in [2.05, 4.69) is 9.97 Å². The minimum atomic E-state index is -4.52. The molecular weight excluding hydrogens is 333 g/mol. The van der Waals surface area contributed by atoms with Gasteiger partial charge < -0.3 is 4.90 Å². The predicted octanol–water partition coefficient (Wildman–Crippen LogP) is 1.50. The number of anilines is 1. The van der Waals surface area contributed by atoms with Gasteiger partial charge in [0, 0.05) is 32.4 Å². The Labute approximate surface area is 132 Å². The highest BCUT2D eigenvalue weighted by Crippen LogP contribution is 2.32. The average Bonchev–Trinajstić information content (AvgIpc) is 3.33. The van der Waals surface area contributed by atoms with E-state index in [-0.39, 0.29) is 24.3 Å². The van der Waals surface area contributed by atoms with Crippen LogP contribution in [0.2, 0.25) is 0 Å². The molecule has 1 aliphatic carbocycles. The minimum Gasteiger partial charge on any atom is -0.339 e. The summed E-state index contributed by atoms with van der Waals surface area (Å²) in [5.74, 6) is -0.00880.